The summed E-state index contributed by atoms with van der Waals surface area (Å²) in [6.07, 6.45) is 4.02. The van der Waals surface area contributed by atoms with Gasteiger partial charge in [0.25, 0.3) is 5.91 Å². The Morgan fingerprint density at radius 2 is 2.00 bits per heavy atom. The summed E-state index contributed by atoms with van der Waals surface area (Å²) >= 11 is 1.34. The number of carboxylic acid groups (broad SMARTS) is 1. The molecule has 3 aromatic rings. The molecule has 0 unspecified atom stereocenters. The lowest BCUT2D eigenvalue weighted by atomic mass is 10.2. The van der Waals surface area contributed by atoms with Crippen LogP contribution in [-0.4, -0.2) is 43.2 Å². The smallest absolute Gasteiger partial charge is 0.303 e. The number of nitrogens with zero attached hydrogens (tertiary/aromatic N) is 4. The van der Waals surface area contributed by atoms with Crippen molar-refractivity contribution < 1.29 is 14.7 Å². The fourth-order valence-corrected chi connectivity index (χ4v) is 3.88. The largest absolute Gasteiger partial charge is 0.481 e. The van der Waals surface area contributed by atoms with Crippen molar-refractivity contribution in [3.63, 3.8) is 0 Å². The van der Waals surface area contributed by atoms with Gasteiger partial charge in [-0.1, -0.05) is 30.3 Å². The molecule has 146 valence electrons. The van der Waals surface area contributed by atoms with Crippen molar-refractivity contribution in [1.82, 2.24) is 19.7 Å². The molecule has 1 N–H and O–H groups in total. The number of carboxylic acids is 1. The molecule has 2 heterocycles. The third-order valence-corrected chi connectivity index (χ3v) is 5.46. The van der Waals surface area contributed by atoms with E-state index in [1.54, 1.807) is 15.8 Å². The number of amides is 1. The Hall–Kier alpha value is -3.00. The molecule has 7 nitrogen and oxygen atoms in total. The Labute approximate surface area is 167 Å². The molecule has 0 aliphatic rings. The van der Waals surface area contributed by atoms with E-state index in [2.05, 4.69) is 10.1 Å². The summed E-state index contributed by atoms with van der Waals surface area (Å²) in [7, 11) is 1.83. The van der Waals surface area contributed by atoms with Gasteiger partial charge in [0.2, 0.25) is 0 Å². The molecule has 0 saturated carbocycles. The van der Waals surface area contributed by atoms with Gasteiger partial charge >= 0.3 is 5.97 Å². The van der Waals surface area contributed by atoms with Gasteiger partial charge < -0.3 is 10.0 Å². The number of thiazole rings is 1. The monoisotopic (exact) mass is 398 g/mol. The predicted molar refractivity (Wildman–Crippen MR) is 107 cm³/mol. The molecular weight excluding hydrogens is 376 g/mol. The molecule has 0 radical (unpaired) electrons. The normalized spacial score (nSPS) is 10.8. The van der Waals surface area contributed by atoms with Crippen molar-refractivity contribution in [2.75, 3.05) is 6.54 Å². The summed E-state index contributed by atoms with van der Waals surface area (Å²) in [5.41, 5.74) is 2.54. The van der Waals surface area contributed by atoms with Crippen molar-refractivity contribution >= 4 is 23.2 Å². The predicted octanol–water partition coefficient (Wildman–Crippen LogP) is 3.36. The van der Waals surface area contributed by atoms with Crippen molar-refractivity contribution in [2.24, 2.45) is 7.05 Å². The Balaban J connectivity index is 1.83. The number of hydrogen-bond donors (Lipinski definition) is 1. The molecule has 0 bridgehead atoms. The van der Waals surface area contributed by atoms with Crippen LogP contribution in [0.25, 0.3) is 10.6 Å². The van der Waals surface area contributed by atoms with Crippen LogP contribution in [0.4, 0.5) is 0 Å². The molecule has 1 aromatic carbocycles. The molecule has 0 spiro atoms. The third kappa shape index (κ3) is 4.83. The van der Waals surface area contributed by atoms with Crippen LogP contribution in [0.2, 0.25) is 0 Å². The van der Waals surface area contributed by atoms with Crippen molar-refractivity contribution in [3.8, 4) is 10.6 Å². The summed E-state index contributed by atoms with van der Waals surface area (Å²) in [4.78, 5) is 30.9. The zero-order valence-corrected chi connectivity index (χ0v) is 16.6. The van der Waals surface area contributed by atoms with Gasteiger partial charge in [-0.05, 0) is 18.9 Å². The second-order valence-electron chi connectivity index (χ2n) is 6.55. The summed E-state index contributed by atoms with van der Waals surface area (Å²) in [6, 6.07) is 9.69. The molecule has 1 amide bonds. The average molecular weight is 398 g/mol. The molecule has 3 rings (SSSR count). The van der Waals surface area contributed by atoms with Gasteiger partial charge in [-0.25, -0.2) is 4.98 Å². The molecule has 0 aliphatic heterocycles. The molecule has 0 fully saturated rings. The highest BCUT2D eigenvalue weighted by atomic mass is 32.1. The fraction of sp³-hybridized carbons (Fsp3) is 0.300. The second-order valence-corrected chi connectivity index (χ2v) is 7.54. The summed E-state index contributed by atoms with van der Waals surface area (Å²) in [6.45, 7) is 2.62. The van der Waals surface area contributed by atoms with Crippen LogP contribution in [-0.2, 0) is 18.4 Å². The minimum Gasteiger partial charge on any atom is -0.481 e. The van der Waals surface area contributed by atoms with Crippen molar-refractivity contribution in [1.29, 1.82) is 0 Å². The standard InChI is InChI=1S/C20H22N4O3S/c1-14-18(28-19(22-14)16-11-21-23(2)13-16)20(27)24(10-6-9-17(25)26)12-15-7-4-3-5-8-15/h3-5,7-8,11,13H,6,9-10,12H2,1-2H3,(H,25,26). The number of aryl methyl sites for hydroxylation is 2. The molecule has 0 saturated heterocycles. The van der Waals surface area contributed by atoms with E-state index in [1.807, 2.05) is 50.5 Å². The Morgan fingerprint density at radius 1 is 1.25 bits per heavy atom. The first-order chi connectivity index (χ1) is 13.4. The Morgan fingerprint density at radius 3 is 2.64 bits per heavy atom. The van der Waals surface area contributed by atoms with Crippen LogP contribution in [0.5, 0.6) is 0 Å². The number of benzene rings is 1. The van der Waals surface area contributed by atoms with Crippen LogP contribution in [0.3, 0.4) is 0 Å². The SMILES string of the molecule is Cc1nc(-c2cnn(C)c2)sc1C(=O)N(CCCC(=O)O)Cc1ccccc1. The molecule has 0 aliphatic carbocycles. The molecule has 8 heteroatoms. The number of aliphatic carboxylic acids is 1. The van der Waals surface area contributed by atoms with E-state index in [0.29, 0.717) is 30.1 Å². The van der Waals surface area contributed by atoms with Gasteiger partial charge in [0.15, 0.2) is 0 Å². The maximum atomic E-state index is 13.2. The number of rotatable bonds is 8. The van der Waals surface area contributed by atoms with E-state index in [9.17, 15) is 9.59 Å². The van der Waals surface area contributed by atoms with E-state index in [4.69, 9.17) is 5.11 Å². The lowest BCUT2D eigenvalue weighted by Crippen LogP contribution is -2.31. The average Bonchev–Trinajstić information content (AvgIpc) is 3.26. The Kier molecular flexibility index (Phi) is 6.20. The Bertz CT molecular complexity index is 965. The second kappa shape index (κ2) is 8.79. The number of hydrogen-bond acceptors (Lipinski definition) is 5. The molecular formula is C20H22N4O3S. The number of carbonyl (C=O) groups is 2. The van der Waals surface area contributed by atoms with Gasteiger partial charge in [0, 0.05) is 38.3 Å². The quantitative estimate of drug-likeness (QED) is 0.629. The van der Waals surface area contributed by atoms with Crippen LogP contribution >= 0.6 is 11.3 Å². The zero-order chi connectivity index (χ0) is 20.1. The van der Waals surface area contributed by atoms with E-state index < -0.39 is 5.97 Å². The molecule has 28 heavy (non-hydrogen) atoms. The van der Waals surface area contributed by atoms with Crippen LogP contribution in [0.1, 0.15) is 33.8 Å². The van der Waals surface area contributed by atoms with Crippen molar-refractivity contribution in [3.05, 3.63) is 58.9 Å². The minimum atomic E-state index is -0.861. The van der Waals surface area contributed by atoms with Gasteiger partial charge in [-0.3, -0.25) is 14.3 Å². The van der Waals surface area contributed by atoms with E-state index >= 15 is 0 Å². The van der Waals surface area contributed by atoms with Gasteiger partial charge in [0.1, 0.15) is 9.88 Å². The first kappa shape index (κ1) is 19.8. The fourth-order valence-electron chi connectivity index (χ4n) is 2.87. The lowest BCUT2D eigenvalue weighted by Gasteiger charge is -2.22. The highest BCUT2D eigenvalue weighted by molar-refractivity contribution is 7.17. The van der Waals surface area contributed by atoms with Crippen LogP contribution in [0, 0.1) is 6.92 Å². The highest BCUT2D eigenvalue weighted by Gasteiger charge is 2.22. The zero-order valence-electron chi connectivity index (χ0n) is 15.8. The van der Waals surface area contributed by atoms with E-state index in [0.717, 1.165) is 16.1 Å². The lowest BCUT2D eigenvalue weighted by molar-refractivity contribution is -0.137. The molecule has 2 aromatic heterocycles. The van der Waals surface area contributed by atoms with Gasteiger partial charge in [-0.2, -0.15) is 5.10 Å². The summed E-state index contributed by atoms with van der Waals surface area (Å²) < 4.78 is 1.70. The molecule has 0 atom stereocenters. The number of aromatic nitrogens is 3. The third-order valence-electron chi connectivity index (χ3n) is 4.26. The summed E-state index contributed by atoms with van der Waals surface area (Å²) in [5, 5.41) is 13.8. The van der Waals surface area contributed by atoms with E-state index in [-0.39, 0.29) is 12.3 Å². The minimum absolute atomic E-state index is 0.0289. The first-order valence-corrected chi connectivity index (χ1v) is 9.77. The first-order valence-electron chi connectivity index (χ1n) is 8.95. The van der Waals surface area contributed by atoms with Gasteiger partial charge in [0.05, 0.1) is 11.9 Å². The van der Waals surface area contributed by atoms with Crippen LogP contribution in [0.15, 0.2) is 42.7 Å². The summed E-state index contributed by atoms with van der Waals surface area (Å²) in [5.74, 6) is -0.987. The van der Waals surface area contributed by atoms with E-state index in [1.165, 1.54) is 11.3 Å². The topological polar surface area (TPSA) is 88.3 Å². The van der Waals surface area contributed by atoms with Gasteiger partial charge in [-0.15, -0.1) is 11.3 Å². The number of carbonyl (C=O) groups excluding carboxylic acids is 1. The maximum Gasteiger partial charge on any atom is 0.303 e. The maximum absolute atomic E-state index is 13.2. The van der Waals surface area contributed by atoms with Crippen LogP contribution < -0.4 is 0 Å². The van der Waals surface area contributed by atoms with Crippen molar-refractivity contribution in [2.45, 2.75) is 26.3 Å². The highest BCUT2D eigenvalue weighted by Crippen LogP contribution is 2.29.